The van der Waals surface area contributed by atoms with E-state index >= 15 is 0 Å². The number of rotatable bonds is 3. The number of fused-ring (bicyclic) bond motifs is 1. The zero-order valence-corrected chi connectivity index (χ0v) is 16.9. The molecule has 0 radical (unpaired) electrons. The third-order valence-electron chi connectivity index (χ3n) is 5.15. The lowest BCUT2D eigenvalue weighted by atomic mass is 9.95. The van der Waals surface area contributed by atoms with E-state index in [1.54, 1.807) is 0 Å². The number of benzene rings is 1. The lowest BCUT2D eigenvalue weighted by molar-refractivity contribution is -0.123. The van der Waals surface area contributed by atoms with Gasteiger partial charge in [0.05, 0.1) is 17.6 Å². The lowest BCUT2D eigenvalue weighted by Gasteiger charge is -2.19. The second kappa shape index (κ2) is 6.89. The van der Waals surface area contributed by atoms with Gasteiger partial charge in [-0.3, -0.25) is 4.79 Å². The molecule has 1 amide bonds. The van der Waals surface area contributed by atoms with Gasteiger partial charge in [0.25, 0.3) is 0 Å². The molecule has 0 unspecified atom stereocenters. The Hall–Kier alpha value is -2.95. The van der Waals surface area contributed by atoms with Crippen LogP contribution in [0.5, 0.6) is 0 Å². The molecule has 5 heteroatoms. The Balaban J connectivity index is 1.67. The van der Waals surface area contributed by atoms with Gasteiger partial charge in [0.2, 0.25) is 5.91 Å². The average molecular weight is 374 g/mol. The summed E-state index contributed by atoms with van der Waals surface area (Å²) in [4.78, 5) is 17.1. The van der Waals surface area contributed by atoms with Crippen LogP contribution in [-0.2, 0) is 4.79 Å². The standard InChI is InChI=1S/C23H26N4O/c1-15-9-10-17(13-19(15)25-22(28)23(2,3)4)20-14-27-21(24-20)12-11-18(26-27)16-7-5-6-8-16/h7,9-14H,5-6,8H2,1-4H3,(H,25,28). The Morgan fingerprint density at radius 1 is 1.14 bits per heavy atom. The first-order valence-electron chi connectivity index (χ1n) is 9.79. The van der Waals surface area contributed by atoms with E-state index < -0.39 is 5.41 Å². The van der Waals surface area contributed by atoms with Crippen molar-refractivity contribution in [1.82, 2.24) is 14.6 Å². The Morgan fingerprint density at radius 2 is 1.96 bits per heavy atom. The maximum absolute atomic E-state index is 12.4. The van der Waals surface area contributed by atoms with E-state index in [9.17, 15) is 4.79 Å². The number of allylic oxidation sites excluding steroid dienone is 2. The molecule has 1 N–H and O–H groups in total. The Morgan fingerprint density at radius 3 is 2.68 bits per heavy atom. The molecule has 0 spiro atoms. The van der Waals surface area contributed by atoms with E-state index in [1.807, 2.05) is 68.7 Å². The fraction of sp³-hybridized carbons (Fsp3) is 0.348. The van der Waals surface area contributed by atoms with Crippen LogP contribution >= 0.6 is 0 Å². The molecule has 0 saturated heterocycles. The van der Waals surface area contributed by atoms with Crippen molar-refractivity contribution in [2.24, 2.45) is 5.41 Å². The number of nitrogens with one attached hydrogen (secondary N) is 1. The summed E-state index contributed by atoms with van der Waals surface area (Å²) in [6.07, 6.45) is 7.66. The van der Waals surface area contributed by atoms with Gasteiger partial charge >= 0.3 is 0 Å². The van der Waals surface area contributed by atoms with Crippen LogP contribution in [0.1, 0.15) is 51.3 Å². The maximum atomic E-state index is 12.4. The number of aryl methyl sites for hydroxylation is 1. The molecule has 144 valence electrons. The number of imidazole rings is 1. The fourth-order valence-electron chi connectivity index (χ4n) is 3.32. The maximum Gasteiger partial charge on any atom is 0.229 e. The van der Waals surface area contributed by atoms with Gasteiger partial charge < -0.3 is 5.32 Å². The van der Waals surface area contributed by atoms with Crippen molar-refractivity contribution in [2.75, 3.05) is 5.32 Å². The largest absolute Gasteiger partial charge is 0.325 e. The minimum Gasteiger partial charge on any atom is -0.325 e. The van der Waals surface area contributed by atoms with Crippen molar-refractivity contribution in [3.63, 3.8) is 0 Å². The average Bonchev–Trinajstić information content (AvgIpc) is 3.31. The molecular weight excluding hydrogens is 348 g/mol. The van der Waals surface area contributed by atoms with Gasteiger partial charge in [-0.05, 0) is 55.5 Å². The van der Waals surface area contributed by atoms with Gasteiger partial charge in [-0.1, -0.05) is 39.0 Å². The smallest absolute Gasteiger partial charge is 0.229 e. The zero-order valence-electron chi connectivity index (χ0n) is 16.9. The minimum absolute atomic E-state index is 0.00102. The molecular formula is C23H26N4O. The number of anilines is 1. The first kappa shape index (κ1) is 18.4. The summed E-state index contributed by atoms with van der Waals surface area (Å²) in [6.45, 7) is 7.72. The van der Waals surface area contributed by atoms with Crippen molar-refractivity contribution >= 4 is 22.8 Å². The molecule has 28 heavy (non-hydrogen) atoms. The summed E-state index contributed by atoms with van der Waals surface area (Å²) in [5.74, 6) is -0.00102. The Labute approximate surface area is 165 Å². The highest BCUT2D eigenvalue weighted by molar-refractivity contribution is 5.95. The normalized spacial score (nSPS) is 14.4. The molecule has 5 nitrogen and oxygen atoms in total. The van der Waals surface area contributed by atoms with E-state index in [0.717, 1.165) is 46.7 Å². The minimum atomic E-state index is -0.444. The van der Waals surface area contributed by atoms with Gasteiger partial charge in [0, 0.05) is 16.7 Å². The van der Waals surface area contributed by atoms with E-state index in [4.69, 9.17) is 10.1 Å². The predicted molar refractivity (Wildman–Crippen MR) is 113 cm³/mol. The Kier molecular flexibility index (Phi) is 4.53. The van der Waals surface area contributed by atoms with Crippen molar-refractivity contribution in [1.29, 1.82) is 0 Å². The predicted octanol–water partition coefficient (Wildman–Crippen LogP) is 5.26. The van der Waals surface area contributed by atoms with Crippen LogP contribution in [0.3, 0.4) is 0 Å². The van der Waals surface area contributed by atoms with Crippen LogP contribution in [0.4, 0.5) is 5.69 Å². The highest BCUT2D eigenvalue weighted by Crippen LogP contribution is 2.29. The van der Waals surface area contributed by atoms with Gasteiger partial charge in [0.15, 0.2) is 5.65 Å². The fourth-order valence-corrected chi connectivity index (χ4v) is 3.32. The molecule has 1 aromatic carbocycles. The topological polar surface area (TPSA) is 59.3 Å². The van der Waals surface area contributed by atoms with Gasteiger partial charge in [-0.25, -0.2) is 9.50 Å². The van der Waals surface area contributed by atoms with Crippen molar-refractivity contribution in [3.05, 3.63) is 53.9 Å². The summed E-state index contributed by atoms with van der Waals surface area (Å²) < 4.78 is 1.84. The monoisotopic (exact) mass is 374 g/mol. The number of hydrogen-bond donors (Lipinski definition) is 1. The summed E-state index contributed by atoms with van der Waals surface area (Å²) in [5, 5.41) is 7.78. The summed E-state index contributed by atoms with van der Waals surface area (Å²) >= 11 is 0. The summed E-state index contributed by atoms with van der Waals surface area (Å²) in [6, 6.07) is 10.1. The number of nitrogens with zero attached hydrogens (tertiary/aromatic N) is 3. The summed E-state index contributed by atoms with van der Waals surface area (Å²) in [5.41, 5.74) is 6.37. The van der Waals surface area contributed by atoms with Gasteiger partial charge in [-0.2, -0.15) is 5.10 Å². The van der Waals surface area contributed by atoms with Crippen LogP contribution in [0, 0.1) is 12.3 Å². The first-order valence-corrected chi connectivity index (χ1v) is 9.79. The number of hydrogen-bond acceptors (Lipinski definition) is 3. The van der Waals surface area contributed by atoms with Crippen molar-refractivity contribution < 1.29 is 4.79 Å². The first-order chi connectivity index (χ1) is 13.3. The quantitative estimate of drug-likeness (QED) is 0.680. The zero-order chi connectivity index (χ0) is 19.9. The second-order valence-electron chi connectivity index (χ2n) is 8.50. The molecule has 0 bridgehead atoms. The Bertz CT molecular complexity index is 1090. The van der Waals surface area contributed by atoms with E-state index in [1.165, 1.54) is 12.0 Å². The lowest BCUT2D eigenvalue weighted by Crippen LogP contribution is -2.27. The second-order valence-corrected chi connectivity index (χ2v) is 8.50. The van der Waals surface area contributed by atoms with Crippen molar-refractivity contribution in [3.8, 4) is 11.3 Å². The molecule has 0 atom stereocenters. The third-order valence-corrected chi connectivity index (χ3v) is 5.15. The van der Waals surface area contributed by atoms with Crippen LogP contribution in [0.25, 0.3) is 22.5 Å². The molecule has 2 heterocycles. The van der Waals surface area contributed by atoms with Crippen LogP contribution in [0.2, 0.25) is 0 Å². The molecule has 3 aromatic rings. The van der Waals surface area contributed by atoms with Crippen molar-refractivity contribution in [2.45, 2.75) is 47.0 Å². The van der Waals surface area contributed by atoms with E-state index in [0.29, 0.717) is 0 Å². The molecule has 0 fully saturated rings. The third kappa shape index (κ3) is 3.57. The van der Waals surface area contributed by atoms with E-state index in [2.05, 4.69) is 11.4 Å². The highest BCUT2D eigenvalue weighted by Gasteiger charge is 2.22. The van der Waals surface area contributed by atoms with Gasteiger partial charge in [0.1, 0.15) is 0 Å². The van der Waals surface area contributed by atoms with Crippen LogP contribution < -0.4 is 5.32 Å². The highest BCUT2D eigenvalue weighted by atomic mass is 16.2. The molecule has 2 aromatic heterocycles. The number of carbonyl (C=O) groups is 1. The van der Waals surface area contributed by atoms with Crippen LogP contribution in [-0.4, -0.2) is 20.5 Å². The van der Waals surface area contributed by atoms with Gasteiger partial charge in [-0.15, -0.1) is 0 Å². The SMILES string of the molecule is Cc1ccc(-c2cn3nc(C4=CCCC4)ccc3n2)cc1NC(=O)C(C)(C)C. The summed E-state index contributed by atoms with van der Waals surface area (Å²) in [7, 11) is 0. The number of carbonyl (C=O) groups excluding carboxylic acids is 1. The molecule has 1 aliphatic carbocycles. The number of aromatic nitrogens is 3. The number of amides is 1. The molecule has 4 rings (SSSR count). The molecule has 1 aliphatic rings. The van der Waals surface area contributed by atoms with Crippen LogP contribution in [0.15, 0.2) is 42.6 Å². The van der Waals surface area contributed by atoms with E-state index in [-0.39, 0.29) is 5.91 Å². The molecule has 0 saturated carbocycles. The molecule has 0 aliphatic heterocycles.